The number of carboxylic acid groups (broad SMARTS) is 1. The number of methoxy groups -OCH3 is 3. The molecule has 1 N–H and O–H groups in total. The van der Waals surface area contributed by atoms with Gasteiger partial charge in [-0.15, -0.1) is 0 Å². The van der Waals surface area contributed by atoms with Crippen LogP contribution in [0.2, 0.25) is 0 Å². The molecule has 0 spiro atoms. The normalized spacial score (nSPS) is 11.8. The highest BCUT2D eigenvalue weighted by atomic mass is 16.7. The van der Waals surface area contributed by atoms with Crippen LogP contribution in [-0.2, 0) is 0 Å². The first-order chi connectivity index (χ1) is 12.5. The molecule has 0 fully saturated rings. The van der Waals surface area contributed by atoms with Gasteiger partial charge in [-0.1, -0.05) is 0 Å². The third-order valence-electron chi connectivity index (χ3n) is 3.91. The molecule has 0 atom stereocenters. The van der Waals surface area contributed by atoms with Gasteiger partial charge in [-0.2, -0.15) is 0 Å². The van der Waals surface area contributed by atoms with Crippen molar-refractivity contribution in [1.29, 1.82) is 0 Å². The average molecular weight is 360 g/mol. The van der Waals surface area contributed by atoms with Crippen molar-refractivity contribution < 1.29 is 38.4 Å². The summed E-state index contributed by atoms with van der Waals surface area (Å²) in [7, 11) is 4.30. The monoisotopic (exact) mass is 360 g/mol. The van der Waals surface area contributed by atoms with Crippen molar-refractivity contribution in [2.75, 3.05) is 28.1 Å². The van der Waals surface area contributed by atoms with E-state index in [-0.39, 0.29) is 40.7 Å². The van der Waals surface area contributed by atoms with Crippen LogP contribution in [0.25, 0.3) is 0 Å². The summed E-state index contributed by atoms with van der Waals surface area (Å²) in [5, 5.41) is 9.46. The molecule has 2 aromatic rings. The minimum Gasteiger partial charge on any atom is -0.493 e. The number of hydrogen-bond acceptors (Lipinski definition) is 7. The number of rotatable bonds is 6. The molecule has 0 saturated carbocycles. The summed E-state index contributed by atoms with van der Waals surface area (Å²) in [5.74, 6) is -0.287. The van der Waals surface area contributed by atoms with Crippen molar-refractivity contribution in [1.82, 2.24) is 0 Å². The van der Waals surface area contributed by atoms with Gasteiger partial charge < -0.3 is 28.8 Å². The Hall–Kier alpha value is -3.42. The van der Waals surface area contributed by atoms with Gasteiger partial charge in [-0.25, -0.2) is 4.79 Å². The van der Waals surface area contributed by atoms with Crippen molar-refractivity contribution in [3.63, 3.8) is 0 Å². The second-order valence-electron chi connectivity index (χ2n) is 5.30. The molecule has 0 amide bonds. The SMILES string of the molecule is COc1cc(C(=O)c2cc3c(cc2C(=O)O)OCO3)cc(OC)c1OC. The third-order valence-corrected chi connectivity index (χ3v) is 3.91. The Bertz CT molecular complexity index is 862. The number of aromatic carboxylic acids is 1. The van der Waals surface area contributed by atoms with Gasteiger partial charge in [-0.05, 0) is 24.3 Å². The average Bonchev–Trinajstić information content (AvgIpc) is 3.12. The molecule has 26 heavy (non-hydrogen) atoms. The van der Waals surface area contributed by atoms with E-state index in [0.29, 0.717) is 11.5 Å². The third kappa shape index (κ3) is 2.85. The van der Waals surface area contributed by atoms with Crippen molar-refractivity contribution in [2.24, 2.45) is 0 Å². The summed E-state index contributed by atoms with van der Waals surface area (Å²) in [6.45, 7) is -0.0315. The van der Waals surface area contributed by atoms with Gasteiger partial charge in [0.05, 0.1) is 26.9 Å². The standard InChI is InChI=1S/C18H16O8/c1-22-14-4-9(5-15(23-2)17(14)24-3)16(19)10-6-12-13(26-8-25-12)7-11(10)18(20)21/h4-7H,8H2,1-3H3,(H,20,21). The number of carbonyl (C=O) groups is 2. The molecule has 0 unspecified atom stereocenters. The van der Waals surface area contributed by atoms with Crippen molar-refractivity contribution in [3.8, 4) is 28.7 Å². The van der Waals surface area contributed by atoms with Gasteiger partial charge in [0, 0.05) is 11.1 Å². The Labute approximate surface area is 148 Å². The van der Waals surface area contributed by atoms with E-state index >= 15 is 0 Å². The lowest BCUT2D eigenvalue weighted by molar-refractivity contribution is 0.0692. The molecule has 3 rings (SSSR count). The van der Waals surface area contributed by atoms with Crippen molar-refractivity contribution >= 4 is 11.8 Å². The fourth-order valence-electron chi connectivity index (χ4n) is 2.67. The fourth-order valence-corrected chi connectivity index (χ4v) is 2.67. The molecule has 0 aliphatic carbocycles. The first-order valence-corrected chi connectivity index (χ1v) is 7.51. The van der Waals surface area contributed by atoms with Gasteiger partial charge in [0.1, 0.15) is 0 Å². The van der Waals surface area contributed by atoms with Crippen LogP contribution in [0.4, 0.5) is 0 Å². The minimum atomic E-state index is -1.25. The predicted molar refractivity (Wildman–Crippen MR) is 89.1 cm³/mol. The topological polar surface area (TPSA) is 101 Å². The Morgan fingerprint density at radius 1 is 0.885 bits per heavy atom. The molecular formula is C18H16O8. The summed E-state index contributed by atoms with van der Waals surface area (Å²) in [4.78, 5) is 24.6. The zero-order valence-electron chi connectivity index (χ0n) is 14.3. The molecule has 0 bridgehead atoms. The van der Waals surface area contributed by atoms with E-state index in [1.54, 1.807) is 0 Å². The van der Waals surface area contributed by atoms with E-state index in [0.717, 1.165) is 0 Å². The number of ketones is 1. The van der Waals surface area contributed by atoms with Crippen molar-refractivity contribution in [2.45, 2.75) is 0 Å². The number of ether oxygens (including phenoxy) is 5. The lowest BCUT2D eigenvalue weighted by Crippen LogP contribution is -2.10. The van der Waals surface area contributed by atoms with E-state index < -0.39 is 11.8 Å². The molecule has 0 radical (unpaired) electrons. The Kier molecular flexibility index (Phi) is 4.57. The van der Waals surface area contributed by atoms with E-state index in [1.165, 1.54) is 45.6 Å². The van der Waals surface area contributed by atoms with Crippen LogP contribution >= 0.6 is 0 Å². The van der Waals surface area contributed by atoms with Crippen LogP contribution in [-0.4, -0.2) is 45.0 Å². The number of fused-ring (bicyclic) bond motifs is 1. The highest BCUT2D eigenvalue weighted by molar-refractivity contribution is 6.15. The van der Waals surface area contributed by atoms with Gasteiger partial charge >= 0.3 is 5.97 Å². The summed E-state index contributed by atoms with van der Waals surface area (Å²) in [6, 6.07) is 5.55. The van der Waals surface area contributed by atoms with Gasteiger partial charge in [-0.3, -0.25) is 4.79 Å². The smallest absolute Gasteiger partial charge is 0.336 e. The van der Waals surface area contributed by atoms with E-state index in [1.807, 2.05) is 0 Å². The molecule has 0 aromatic heterocycles. The lowest BCUT2D eigenvalue weighted by atomic mass is 9.97. The molecule has 136 valence electrons. The maximum absolute atomic E-state index is 13.0. The molecular weight excluding hydrogens is 344 g/mol. The minimum absolute atomic E-state index is 0.0315. The zero-order valence-corrected chi connectivity index (χ0v) is 14.3. The quantitative estimate of drug-likeness (QED) is 0.784. The van der Waals surface area contributed by atoms with Crippen molar-refractivity contribution in [3.05, 3.63) is 41.0 Å². The first-order valence-electron chi connectivity index (χ1n) is 7.51. The zero-order chi connectivity index (χ0) is 18.8. The molecule has 8 nitrogen and oxygen atoms in total. The van der Waals surface area contributed by atoms with E-state index in [9.17, 15) is 14.7 Å². The number of hydrogen-bond donors (Lipinski definition) is 1. The first kappa shape index (κ1) is 17.4. The second kappa shape index (κ2) is 6.83. The Morgan fingerprint density at radius 2 is 1.42 bits per heavy atom. The summed E-state index contributed by atoms with van der Waals surface area (Å²) < 4.78 is 26.1. The molecule has 1 aliphatic rings. The molecule has 8 heteroatoms. The summed E-state index contributed by atoms with van der Waals surface area (Å²) >= 11 is 0. The van der Waals surface area contributed by atoms with Crippen LogP contribution in [0.15, 0.2) is 24.3 Å². The number of carbonyl (C=O) groups excluding carboxylic acids is 1. The van der Waals surface area contributed by atoms with Crippen LogP contribution in [0.1, 0.15) is 26.3 Å². The maximum Gasteiger partial charge on any atom is 0.336 e. The molecule has 0 saturated heterocycles. The molecule has 1 heterocycles. The van der Waals surface area contributed by atoms with E-state index in [4.69, 9.17) is 23.7 Å². The highest BCUT2D eigenvalue weighted by Crippen LogP contribution is 2.40. The summed E-state index contributed by atoms with van der Waals surface area (Å²) in [6.07, 6.45) is 0. The highest BCUT2D eigenvalue weighted by Gasteiger charge is 2.26. The molecule has 1 aliphatic heterocycles. The fraction of sp³-hybridized carbons (Fsp3) is 0.222. The Morgan fingerprint density at radius 3 is 1.88 bits per heavy atom. The number of benzene rings is 2. The molecule has 2 aromatic carbocycles. The van der Waals surface area contributed by atoms with E-state index in [2.05, 4.69) is 0 Å². The van der Waals surface area contributed by atoms with Crippen LogP contribution in [0.3, 0.4) is 0 Å². The summed E-state index contributed by atoms with van der Waals surface area (Å²) in [5.41, 5.74) is -0.0371. The van der Waals surface area contributed by atoms with Crippen LogP contribution < -0.4 is 23.7 Å². The van der Waals surface area contributed by atoms with Gasteiger partial charge in [0.25, 0.3) is 0 Å². The largest absolute Gasteiger partial charge is 0.493 e. The van der Waals surface area contributed by atoms with Crippen LogP contribution in [0, 0.1) is 0 Å². The maximum atomic E-state index is 13.0. The van der Waals surface area contributed by atoms with Crippen LogP contribution in [0.5, 0.6) is 28.7 Å². The van der Waals surface area contributed by atoms with Gasteiger partial charge in [0.2, 0.25) is 12.5 Å². The van der Waals surface area contributed by atoms with Gasteiger partial charge in [0.15, 0.2) is 28.8 Å². The number of carboxylic acids is 1. The predicted octanol–water partition coefficient (Wildman–Crippen LogP) is 2.37. The Balaban J connectivity index is 2.14. The second-order valence-corrected chi connectivity index (χ2v) is 5.30. The lowest BCUT2D eigenvalue weighted by Gasteiger charge is -2.14.